The lowest BCUT2D eigenvalue weighted by Gasteiger charge is -2.24. The van der Waals surface area contributed by atoms with Crippen molar-refractivity contribution in [1.82, 2.24) is 20.5 Å². The van der Waals surface area contributed by atoms with Crippen LogP contribution in [-0.4, -0.2) is 38.0 Å². The smallest absolute Gasteiger partial charge is 0.407 e. The zero-order chi connectivity index (χ0) is 17.7. The Kier molecular flexibility index (Phi) is 5.50. The highest BCUT2D eigenvalue weighted by molar-refractivity contribution is 5.68. The molecule has 0 aliphatic heterocycles. The molecule has 0 fully saturated rings. The first-order chi connectivity index (χ1) is 11.3. The standard InChI is InChI=1S/C16H22N4O4/c1-5-11(18-15(22)24-16(2,3)4)12(21)14-20-19-13(23-14)10-6-8-17-9-7-10/h6-9,11-12,21H,5H2,1-4H3,(H,18,22)/t11-,12?/m0/s1. The van der Waals surface area contributed by atoms with E-state index >= 15 is 0 Å². The van der Waals surface area contributed by atoms with E-state index in [-0.39, 0.29) is 11.8 Å². The third-order valence-corrected chi connectivity index (χ3v) is 3.14. The molecule has 8 heteroatoms. The van der Waals surface area contributed by atoms with Gasteiger partial charge in [-0.2, -0.15) is 0 Å². The number of nitrogens with zero attached hydrogens (tertiary/aromatic N) is 3. The molecule has 0 spiro atoms. The maximum absolute atomic E-state index is 11.9. The van der Waals surface area contributed by atoms with Gasteiger partial charge in [0.05, 0.1) is 6.04 Å². The molecule has 0 aliphatic rings. The minimum Gasteiger partial charge on any atom is -0.444 e. The highest BCUT2D eigenvalue weighted by Gasteiger charge is 2.28. The zero-order valence-electron chi connectivity index (χ0n) is 14.2. The SMILES string of the molecule is CC[C@H](NC(=O)OC(C)(C)C)C(O)c1nnc(-c2ccncc2)o1. The summed E-state index contributed by atoms with van der Waals surface area (Å²) < 4.78 is 10.7. The fraction of sp³-hybridized carbons (Fsp3) is 0.500. The molecular formula is C16H22N4O4. The summed E-state index contributed by atoms with van der Waals surface area (Å²) in [4.78, 5) is 15.8. The molecule has 2 aromatic heterocycles. The molecule has 0 aromatic carbocycles. The first-order valence-electron chi connectivity index (χ1n) is 7.71. The number of carbonyl (C=O) groups excluding carboxylic acids is 1. The minimum atomic E-state index is -1.13. The van der Waals surface area contributed by atoms with Crippen LogP contribution >= 0.6 is 0 Å². The topological polar surface area (TPSA) is 110 Å². The monoisotopic (exact) mass is 334 g/mol. The van der Waals surface area contributed by atoms with E-state index in [1.165, 1.54) is 0 Å². The molecule has 24 heavy (non-hydrogen) atoms. The molecule has 2 N–H and O–H groups in total. The molecule has 2 atom stereocenters. The van der Waals surface area contributed by atoms with Crippen LogP contribution < -0.4 is 5.32 Å². The minimum absolute atomic E-state index is 0.0321. The molecule has 0 bridgehead atoms. The maximum Gasteiger partial charge on any atom is 0.407 e. The summed E-state index contributed by atoms with van der Waals surface area (Å²) in [6.45, 7) is 7.13. The van der Waals surface area contributed by atoms with Crippen molar-refractivity contribution in [2.75, 3.05) is 0 Å². The van der Waals surface area contributed by atoms with Gasteiger partial charge in [0.25, 0.3) is 0 Å². The Morgan fingerprint density at radius 1 is 1.33 bits per heavy atom. The lowest BCUT2D eigenvalue weighted by molar-refractivity contribution is 0.0385. The van der Waals surface area contributed by atoms with Crippen molar-refractivity contribution in [2.45, 2.75) is 51.9 Å². The van der Waals surface area contributed by atoms with Gasteiger partial charge in [0.2, 0.25) is 11.8 Å². The molecule has 8 nitrogen and oxygen atoms in total. The molecule has 1 amide bonds. The Morgan fingerprint density at radius 3 is 2.58 bits per heavy atom. The number of alkyl carbamates (subject to hydrolysis) is 1. The maximum atomic E-state index is 11.9. The highest BCUT2D eigenvalue weighted by Crippen LogP contribution is 2.23. The van der Waals surface area contributed by atoms with Crippen LogP contribution in [0.2, 0.25) is 0 Å². The van der Waals surface area contributed by atoms with E-state index in [0.29, 0.717) is 12.0 Å². The Labute approximate surface area is 140 Å². The third kappa shape index (κ3) is 4.76. The van der Waals surface area contributed by atoms with E-state index in [1.807, 2.05) is 6.92 Å². The number of hydrogen-bond donors (Lipinski definition) is 2. The number of rotatable bonds is 5. The summed E-state index contributed by atoms with van der Waals surface area (Å²) >= 11 is 0. The number of pyridine rings is 1. The van der Waals surface area contributed by atoms with Crippen LogP contribution in [0.15, 0.2) is 28.9 Å². The second-order valence-corrected chi connectivity index (χ2v) is 6.29. The van der Waals surface area contributed by atoms with Gasteiger partial charge in [-0.05, 0) is 39.3 Å². The molecule has 2 rings (SSSR count). The van der Waals surface area contributed by atoms with Gasteiger partial charge in [0.1, 0.15) is 5.60 Å². The second-order valence-electron chi connectivity index (χ2n) is 6.29. The molecular weight excluding hydrogens is 312 g/mol. The average molecular weight is 334 g/mol. The number of aliphatic hydroxyl groups is 1. The fourth-order valence-electron chi connectivity index (χ4n) is 2.00. The number of aromatic nitrogens is 3. The van der Waals surface area contributed by atoms with Crippen molar-refractivity contribution >= 4 is 6.09 Å². The molecule has 2 heterocycles. The number of nitrogens with one attached hydrogen (secondary N) is 1. The van der Waals surface area contributed by atoms with E-state index in [1.54, 1.807) is 45.3 Å². The van der Waals surface area contributed by atoms with Crippen LogP contribution in [0.5, 0.6) is 0 Å². The lowest BCUT2D eigenvalue weighted by Crippen LogP contribution is -2.42. The van der Waals surface area contributed by atoms with Gasteiger partial charge < -0.3 is 19.6 Å². The Bertz CT molecular complexity index is 666. The summed E-state index contributed by atoms with van der Waals surface area (Å²) in [5, 5.41) is 20.8. The molecule has 0 saturated heterocycles. The van der Waals surface area contributed by atoms with Crippen LogP contribution in [0.25, 0.3) is 11.5 Å². The van der Waals surface area contributed by atoms with Crippen LogP contribution in [0, 0.1) is 0 Å². The Hall–Kier alpha value is -2.48. The first-order valence-corrected chi connectivity index (χ1v) is 7.71. The van der Waals surface area contributed by atoms with E-state index in [4.69, 9.17) is 9.15 Å². The molecule has 2 aromatic rings. The normalized spacial score (nSPS) is 14.0. The van der Waals surface area contributed by atoms with Crippen molar-refractivity contribution in [3.8, 4) is 11.5 Å². The van der Waals surface area contributed by atoms with Crippen molar-refractivity contribution in [2.24, 2.45) is 0 Å². The molecule has 0 radical (unpaired) electrons. The number of carbonyl (C=O) groups is 1. The fourth-order valence-corrected chi connectivity index (χ4v) is 2.00. The summed E-state index contributed by atoms with van der Waals surface area (Å²) in [5.41, 5.74) is 0.0795. The van der Waals surface area contributed by atoms with Gasteiger partial charge in [0, 0.05) is 18.0 Å². The van der Waals surface area contributed by atoms with Crippen LogP contribution in [0.3, 0.4) is 0 Å². The number of ether oxygens (including phenoxy) is 1. The molecule has 0 aliphatic carbocycles. The molecule has 0 saturated carbocycles. The molecule has 1 unspecified atom stereocenters. The van der Waals surface area contributed by atoms with Crippen molar-refractivity contribution in [3.05, 3.63) is 30.4 Å². The summed E-state index contributed by atoms with van der Waals surface area (Å²) in [6, 6.07) is 2.84. The van der Waals surface area contributed by atoms with Gasteiger partial charge in [-0.25, -0.2) is 4.79 Å². The largest absolute Gasteiger partial charge is 0.444 e. The zero-order valence-corrected chi connectivity index (χ0v) is 14.2. The predicted octanol–water partition coefficient (Wildman–Crippen LogP) is 2.47. The van der Waals surface area contributed by atoms with Crippen LogP contribution in [0.1, 0.15) is 46.1 Å². The Balaban J connectivity index is 2.07. The summed E-state index contributed by atoms with van der Waals surface area (Å²) in [7, 11) is 0. The first kappa shape index (κ1) is 17.9. The van der Waals surface area contributed by atoms with E-state index in [2.05, 4.69) is 20.5 Å². The summed E-state index contributed by atoms with van der Waals surface area (Å²) in [5.74, 6) is 0.309. The van der Waals surface area contributed by atoms with Crippen molar-refractivity contribution in [3.63, 3.8) is 0 Å². The van der Waals surface area contributed by atoms with Crippen LogP contribution in [-0.2, 0) is 4.74 Å². The number of aliphatic hydroxyl groups excluding tert-OH is 1. The van der Waals surface area contributed by atoms with Crippen LogP contribution in [0.4, 0.5) is 4.79 Å². The average Bonchev–Trinajstić information content (AvgIpc) is 3.01. The predicted molar refractivity (Wildman–Crippen MR) is 85.9 cm³/mol. The van der Waals surface area contributed by atoms with Crippen molar-refractivity contribution in [1.29, 1.82) is 0 Å². The van der Waals surface area contributed by atoms with E-state index < -0.39 is 23.8 Å². The van der Waals surface area contributed by atoms with Gasteiger partial charge in [0.15, 0.2) is 6.10 Å². The summed E-state index contributed by atoms with van der Waals surface area (Å²) in [6.07, 6.45) is 1.93. The Morgan fingerprint density at radius 2 is 2.00 bits per heavy atom. The quantitative estimate of drug-likeness (QED) is 0.864. The van der Waals surface area contributed by atoms with E-state index in [0.717, 1.165) is 0 Å². The van der Waals surface area contributed by atoms with Gasteiger partial charge in [-0.1, -0.05) is 6.92 Å². The van der Waals surface area contributed by atoms with Gasteiger partial charge >= 0.3 is 6.09 Å². The third-order valence-electron chi connectivity index (χ3n) is 3.14. The molecule has 130 valence electrons. The number of amides is 1. The second kappa shape index (κ2) is 7.39. The van der Waals surface area contributed by atoms with E-state index in [9.17, 15) is 9.90 Å². The number of hydrogen-bond acceptors (Lipinski definition) is 7. The van der Waals surface area contributed by atoms with Gasteiger partial charge in [-0.3, -0.25) is 4.98 Å². The highest BCUT2D eigenvalue weighted by atomic mass is 16.6. The van der Waals surface area contributed by atoms with Gasteiger partial charge in [-0.15, -0.1) is 10.2 Å². The lowest BCUT2D eigenvalue weighted by atomic mass is 10.1. The van der Waals surface area contributed by atoms with Crippen molar-refractivity contribution < 1.29 is 19.1 Å².